The second-order valence-corrected chi connectivity index (χ2v) is 8.80. The van der Waals surface area contributed by atoms with Crippen LogP contribution in [-0.2, 0) is 24.2 Å². The number of nitrogens with zero attached hydrogens (tertiary/aromatic N) is 2. The van der Waals surface area contributed by atoms with Gasteiger partial charge in [0.05, 0.1) is 5.69 Å². The van der Waals surface area contributed by atoms with Crippen LogP contribution in [0.3, 0.4) is 0 Å². The molecule has 12 nitrogen and oxygen atoms in total. The molecule has 1 fully saturated rings. The molecule has 29 heavy (non-hydrogen) atoms. The van der Waals surface area contributed by atoms with Gasteiger partial charge in [-0.3, -0.25) is 14.6 Å². The van der Waals surface area contributed by atoms with Crippen molar-refractivity contribution in [1.82, 2.24) is 9.88 Å². The van der Waals surface area contributed by atoms with Crippen molar-refractivity contribution in [3.63, 3.8) is 0 Å². The molecule has 1 saturated heterocycles. The van der Waals surface area contributed by atoms with Gasteiger partial charge in [-0.05, 0) is 25.1 Å². The summed E-state index contributed by atoms with van der Waals surface area (Å²) in [5.74, 6) is -4.15. The molecule has 0 aliphatic carbocycles. The van der Waals surface area contributed by atoms with E-state index in [1.54, 1.807) is 0 Å². The molecular weight excluding hydrogens is 408 g/mol. The average molecular weight is 426 g/mol. The molecule has 5 N–H and O–H groups in total. The highest BCUT2D eigenvalue weighted by atomic mass is 32.2. The van der Waals surface area contributed by atoms with Crippen LogP contribution >= 0.6 is 0 Å². The number of hydrogen-bond acceptors (Lipinski definition) is 8. The van der Waals surface area contributed by atoms with Crippen molar-refractivity contribution in [2.24, 2.45) is 11.5 Å². The Bertz CT molecular complexity index is 1010. The third kappa shape index (κ3) is 4.34. The first-order valence-electron chi connectivity index (χ1n) is 8.01. The molecule has 0 unspecified atom stereocenters. The van der Waals surface area contributed by atoms with Crippen LogP contribution in [-0.4, -0.2) is 70.6 Å². The molecular formula is C16H18N4O8S. The first-order chi connectivity index (χ1) is 13.4. The number of carbonyl (C=O) groups excluding carboxylic acids is 3. The number of aliphatic carboxylic acids is 1. The second kappa shape index (κ2) is 7.87. The van der Waals surface area contributed by atoms with E-state index in [0.717, 1.165) is 13.0 Å². The van der Waals surface area contributed by atoms with E-state index >= 15 is 0 Å². The van der Waals surface area contributed by atoms with Crippen LogP contribution in [0.1, 0.15) is 23.0 Å². The highest BCUT2D eigenvalue weighted by molar-refractivity contribution is 7.93. The largest absolute Gasteiger partial charge is 0.480 e. The second-order valence-electron chi connectivity index (χ2n) is 6.38. The molecule has 1 aliphatic heterocycles. The van der Waals surface area contributed by atoms with Crippen molar-refractivity contribution < 1.29 is 37.4 Å². The van der Waals surface area contributed by atoms with Gasteiger partial charge >= 0.3 is 12.1 Å². The lowest BCUT2D eigenvalue weighted by Crippen LogP contribution is -2.54. The van der Waals surface area contributed by atoms with E-state index in [0.29, 0.717) is 4.90 Å². The molecule has 1 aromatic rings. The maximum Gasteiger partial charge on any atom is 0.404 e. The number of ether oxygens (including phenoxy) is 1. The summed E-state index contributed by atoms with van der Waals surface area (Å²) in [5, 5.41) is 9.53. The van der Waals surface area contributed by atoms with Crippen LogP contribution in [0, 0.1) is 0 Å². The van der Waals surface area contributed by atoms with Crippen LogP contribution in [0.25, 0.3) is 6.08 Å². The number of pyridine rings is 1. The number of amides is 3. The molecule has 2 atom stereocenters. The normalized spacial score (nSPS) is 23.1. The van der Waals surface area contributed by atoms with Crippen molar-refractivity contribution in [2.75, 3.05) is 12.5 Å². The van der Waals surface area contributed by atoms with Gasteiger partial charge in [-0.2, -0.15) is 0 Å². The highest BCUT2D eigenvalue weighted by Gasteiger charge is 2.61. The van der Waals surface area contributed by atoms with Crippen LogP contribution in [0.4, 0.5) is 4.79 Å². The number of carboxylic acids is 1. The third-order valence-electron chi connectivity index (χ3n) is 4.39. The minimum Gasteiger partial charge on any atom is -0.480 e. The van der Waals surface area contributed by atoms with Gasteiger partial charge in [0.2, 0.25) is 11.8 Å². The molecule has 0 spiro atoms. The van der Waals surface area contributed by atoms with E-state index in [1.165, 1.54) is 24.4 Å². The fourth-order valence-electron chi connectivity index (χ4n) is 2.82. The quantitative estimate of drug-likeness (QED) is 0.463. The molecule has 156 valence electrons. The lowest BCUT2D eigenvalue weighted by molar-refractivity contribution is -0.148. The third-order valence-corrected chi connectivity index (χ3v) is 6.77. The molecule has 1 aliphatic rings. The number of sulfone groups is 1. The lowest BCUT2D eigenvalue weighted by atomic mass is 10.0. The minimum absolute atomic E-state index is 0.135. The average Bonchev–Trinajstić information content (AvgIpc) is 2.85. The monoisotopic (exact) mass is 426 g/mol. The molecule has 0 bridgehead atoms. The molecule has 0 radical (unpaired) electrons. The highest BCUT2D eigenvalue weighted by Crippen LogP contribution is 2.35. The summed E-state index contributed by atoms with van der Waals surface area (Å²) >= 11 is 0. The molecule has 13 heteroatoms. The molecule has 0 aromatic carbocycles. The van der Waals surface area contributed by atoms with Gasteiger partial charge in [-0.1, -0.05) is 0 Å². The molecule has 0 saturated carbocycles. The Morgan fingerprint density at radius 3 is 2.59 bits per heavy atom. The van der Waals surface area contributed by atoms with E-state index in [-0.39, 0.29) is 11.3 Å². The SMILES string of the molecule is C[C@]1(COC(N)=O)[C@H](C(=O)O)N(C(=O)/C=C/c2cc(C(N)=O)ccn2)CS1(=O)=O. The Balaban J connectivity index is 2.34. The minimum atomic E-state index is -4.19. The number of nitrogens with two attached hydrogens (primary N) is 2. The van der Waals surface area contributed by atoms with Gasteiger partial charge in [-0.25, -0.2) is 18.0 Å². The summed E-state index contributed by atoms with van der Waals surface area (Å²) in [4.78, 5) is 50.8. The lowest BCUT2D eigenvalue weighted by Gasteiger charge is -2.28. The molecule has 1 aromatic heterocycles. The van der Waals surface area contributed by atoms with Crippen LogP contribution < -0.4 is 11.5 Å². The Morgan fingerprint density at radius 2 is 2.03 bits per heavy atom. The van der Waals surface area contributed by atoms with Crippen LogP contribution in [0.5, 0.6) is 0 Å². The van der Waals surface area contributed by atoms with Crippen molar-refractivity contribution >= 4 is 39.8 Å². The van der Waals surface area contributed by atoms with Gasteiger partial charge in [0, 0.05) is 17.8 Å². The first-order valence-corrected chi connectivity index (χ1v) is 9.66. The smallest absolute Gasteiger partial charge is 0.404 e. The predicted molar refractivity (Wildman–Crippen MR) is 97.8 cm³/mol. The van der Waals surface area contributed by atoms with Crippen molar-refractivity contribution in [3.8, 4) is 0 Å². The fourth-order valence-corrected chi connectivity index (χ4v) is 4.56. The summed E-state index contributed by atoms with van der Waals surface area (Å²) < 4.78 is 27.5. The van der Waals surface area contributed by atoms with E-state index in [9.17, 15) is 32.7 Å². The predicted octanol–water partition coefficient (Wildman–Crippen LogP) is -1.28. The van der Waals surface area contributed by atoms with E-state index in [1.807, 2.05) is 0 Å². The Labute approximate surface area is 165 Å². The van der Waals surface area contributed by atoms with Crippen molar-refractivity contribution in [3.05, 3.63) is 35.7 Å². The summed E-state index contributed by atoms with van der Waals surface area (Å²) in [7, 11) is -4.19. The van der Waals surface area contributed by atoms with E-state index in [2.05, 4.69) is 9.72 Å². The Kier molecular flexibility index (Phi) is 5.92. The van der Waals surface area contributed by atoms with Gasteiger partial charge in [0.15, 0.2) is 15.9 Å². The molecule has 2 heterocycles. The zero-order valence-corrected chi connectivity index (χ0v) is 16.0. The number of carbonyl (C=O) groups is 4. The van der Waals surface area contributed by atoms with Crippen LogP contribution in [0.2, 0.25) is 0 Å². The number of primary amides is 2. The summed E-state index contributed by atoms with van der Waals surface area (Å²) in [5.41, 5.74) is 10.3. The van der Waals surface area contributed by atoms with Gasteiger partial charge in [0.25, 0.3) is 0 Å². The first kappa shape index (κ1) is 21.8. The number of rotatable bonds is 6. The topological polar surface area (TPSA) is 200 Å². The van der Waals surface area contributed by atoms with E-state index in [4.69, 9.17) is 11.5 Å². The summed E-state index contributed by atoms with van der Waals surface area (Å²) in [6, 6.07) is 0.833. The number of aromatic nitrogens is 1. The van der Waals surface area contributed by atoms with Crippen molar-refractivity contribution in [2.45, 2.75) is 17.7 Å². The maximum absolute atomic E-state index is 12.5. The van der Waals surface area contributed by atoms with Crippen molar-refractivity contribution in [1.29, 1.82) is 0 Å². The number of hydrogen-bond donors (Lipinski definition) is 3. The van der Waals surface area contributed by atoms with Crippen LogP contribution in [0.15, 0.2) is 24.4 Å². The molecule has 2 rings (SSSR count). The standard InChI is InChI=1S/C16H18N4O8S/c1-16(7-28-15(18)25)12(14(23)24)20(8-29(16,26)27)11(21)3-2-10-6-9(13(17)22)4-5-19-10/h2-6,12H,7-8H2,1H3,(H2,17,22)(H2,18,25)(H,23,24)/b3-2+/t12-,16-/m0/s1. The van der Waals surface area contributed by atoms with Gasteiger partial charge in [0.1, 0.15) is 17.2 Å². The zero-order chi connectivity index (χ0) is 22.0. The maximum atomic E-state index is 12.5. The summed E-state index contributed by atoms with van der Waals surface area (Å²) in [6.07, 6.45) is 2.09. The summed E-state index contributed by atoms with van der Waals surface area (Å²) in [6.45, 7) is 0.219. The van der Waals surface area contributed by atoms with Gasteiger partial charge in [-0.15, -0.1) is 0 Å². The Morgan fingerprint density at radius 1 is 1.38 bits per heavy atom. The van der Waals surface area contributed by atoms with E-state index < -0.39 is 57.0 Å². The fraction of sp³-hybridized carbons (Fsp3) is 0.312. The molecule has 3 amide bonds. The Hall–Kier alpha value is -3.48. The zero-order valence-electron chi connectivity index (χ0n) is 15.1. The number of carboxylic acid groups (broad SMARTS) is 1. The van der Waals surface area contributed by atoms with Gasteiger partial charge < -0.3 is 26.2 Å².